The lowest BCUT2D eigenvalue weighted by Gasteiger charge is -2.27. The standard InChI is InChI=1S/C32H35I2N3O9.C23H28I2N4O7/c1-20(40)15-37(16-21-2-7-28-29(13-21)45-19-44-28)31(43)17-36(8-9-38)30(42)14-35-23(18-39)10-22-11-26(33)32(27(34)12-22)46-25-5-3-24(41)4-6-25;24-18-8-14(9-19(25)23(18)36-17-3-1-16(32)2-4-17)7-15(13-31)27-11-22(35)29(5-6-30)12-21(34)28-10-20(26)33/h2-7,11-13,23,35,38-39,41H,8-10,14-19H2,1H3;1-4,8-9,15,27,30-32H,5-7,10-13H2,(H2,26,33)(H,28,34)/t23-;15-/m00/s1. The average molecular weight is 1590 g/mol. The highest BCUT2D eigenvalue weighted by atomic mass is 127. The lowest BCUT2D eigenvalue weighted by molar-refractivity contribution is -0.142. The predicted molar refractivity (Wildman–Crippen MR) is 333 cm³/mol. The van der Waals surface area contributed by atoms with Gasteiger partial charge in [0.25, 0.3) is 0 Å². The number of aliphatic hydroxyl groups excluding tert-OH is 4. The van der Waals surface area contributed by atoms with Gasteiger partial charge in [-0.05, 0) is 212 Å². The maximum atomic E-state index is 13.3. The number of halogens is 4. The van der Waals surface area contributed by atoms with Crippen molar-refractivity contribution < 1.29 is 78.4 Å². The number of phenols is 2. The van der Waals surface area contributed by atoms with Crippen molar-refractivity contribution in [2.45, 2.75) is 38.4 Å². The van der Waals surface area contributed by atoms with Crippen LogP contribution in [0.25, 0.3) is 0 Å². The second-order valence-electron chi connectivity index (χ2n) is 18.4. The summed E-state index contributed by atoms with van der Waals surface area (Å²) < 4.78 is 26.1. The van der Waals surface area contributed by atoms with Gasteiger partial charge in [0, 0.05) is 31.7 Å². The number of hydrogen-bond acceptors (Lipinski definition) is 18. The van der Waals surface area contributed by atoms with E-state index in [1.54, 1.807) is 54.6 Å². The van der Waals surface area contributed by atoms with Crippen LogP contribution in [0, 0.1) is 14.3 Å². The minimum Gasteiger partial charge on any atom is -0.508 e. The molecular formula is C55H63I4N7O16. The number of nitrogens with one attached hydrogen (secondary N) is 3. The van der Waals surface area contributed by atoms with E-state index in [2.05, 4.69) is 106 Å². The largest absolute Gasteiger partial charge is 0.508 e. The first-order valence-corrected chi connectivity index (χ1v) is 29.6. The lowest BCUT2D eigenvalue weighted by Crippen LogP contribution is -2.49. The smallest absolute Gasteiger partial charge is 0.242 e. The van der Waals surface area contributed by atoms with Gasteiger partial charge in [-0.3, -0.25) is 28.8 Å². The highest BCUT2D eigenvalue weighted by Crippen LogP contribution is 2.36. The van der Waals surface area contributed by atoms with Crippen LogP contribution in [-0.4, -0.2) is 178 Å². The van der Waals surface area contributed by atoms with E-state index in [4.69, 9.17) is 24.7 Å². The van der Waals surface area contributed by atoms with Crippen LogP contribution in [-0.2, 0) is 48.2 Å². The van der Waals surface area contributed by atoms with E-state index in [1.165, 1.54) is 28.9 Å². The number of carbonyl (C=O) groups excluding carboxylic acids is 6. The van der Waals surface area contributed by atoms with Crippen molar-refractivity contribution in [3.05, 3.63) is 122 Å². The molecule has 0 fully saturated rings. The quantitative estimate of drug-likeness (QED) is 0.0295. The van der Waals surface area contributed by atoms with Gasteiger partial charge >= 0.3 is 0 Å². The summed E-state index contributed by atoms with van der Waals surface area (Å²) in [6.45, 7) is -1.19. The van der Waals surface area contributed by atoms with Crippen LogP contribution in [0.15, 0.2) is 91.0 Å². The third-order valence-electron chi connectivity index (χ3n) is 11.9. The number of phenolic OH excluding ortho intramolecular Hbond substituents is 2. The number of aromatic hydroxyl groups is 2. The molecule has 6 rings (SSSR count). The minimum atomic E-state index is -0.708. The Bertz CT molecular complexity index is 2930. The zero-order valence-corrected chi connectivity index (χ0v) is 53.0. The fourth-order valence-electron chi connectivity index (χ4n) is 7.84. The Morgan fingerprint density at radius 1 is 0.573 bits per heavy atom. The molecule has 0 aliphatic carbocycles. The van der Waals surface area contributed by atoms with Crippen LogP contribution in [0.2, 0.25) is 0 Å². The van der Waals surface area contributed by atoms with Crippen LogP contribution in [0.4, 0.5) is 0 Å². The molecule has 0 unspecified atom stereocenters. The molecule has 1 heterocycles. The molecule has 1 aliphatic rings. The molecule has 82 heavy (non-hydrogen) atoms. The van der Waals surface area contributed by atoms with Gasteiger partial charge in [-0.15, -0.1) is 0 Å². The highest BCUT2D eigenvalue weighted by molar-refractivity contribution is 14.1. The monoisotopic (exact) mass is 1590 g/mol. The Morgan fingerprint density at radius 2 is 1.02 bits per heavy atom. The van der Waals surface area contributed by atoms with Crippen LogP contribution < -0.4 is 40.6 Å². The molecule has 27 heteroatoms. The van der Waals surface area contributed by atoms with E-state index >= 15 is 0 Å². The minimum absolute atomic E-state index is 0.0623. The van der Waals surface area contributed by atoms with E-state index in [1.807, 2.05) is 24.3 Å². The van der Waals surface area contributed by atoms with Gasteiger partial charge in [0.1, 0.15) is 28.8 Å². The predicted octanol–water partition coefficient (Wildman–Crippen LogP) is 3.36. The second kappa shape index (κ2) is 34.4. The van der Waals surface area contributed by atoms with Crippen LogP contribution in [0.3, 0.4) is 0 Å². The SMILES string of the molecule is CC(=O)CN(Cc1ccc2c(c1)OCO2)C(=O)CN(CCO)C(=O)CN[C@H](CO)Cc1cc(I)c(Oc2ccc(O)cc2)c(I)c1.NC(=O)CNC(=O)CN(CCO)C(=O)CN[C@H](CO)Cc1cc(I)c(Oc2ccc(O)cc2)c(I)c1. The topological polar surface area (TPSA) is 333 Å². The van der Waals surface area contributed by atoms with E-state index in [0.717, 1.165) is 35.9 Å². The van der Waals surface area contributed by atoms with Crippen LogP contribution >= 0.6 is 90.4 Å². The Morgan fingerprint density at radius 3 is 1.45 bits per heavy atom. The number of aliphatic hydroxyl groups is 4. The number of ketones is 1. The van der Waals surface area contributed by atoms with Gasteiger partial charge in [-0.1, -0.05) is 6.07 Å². The number of primary amides is 1. The van der Waals surface area contributed by atoms with Crippen molar-refractivity contribution in [3.8, 4) is 46.0 Å². The third kappa shape index (κ3) is 22.3. The van der Waals surface area contributed by atoms with Crippen LogP contribution in [0.5, 0.6) is 46.0 Å². The number of nitrogens with two attached hydrogens (primary N) is 1. The van der Waals surface area contributed by atoms with E-state index in [-0.39, 0.29) is 109 Å². The molecule has 23 nitrogen and oxygen atoms in total. The molecule has 5 aromatic carbocycles. The number of hydrogen-bond donors (Lipinski definition) is 10. The number of nitrogens with zero attached hydrogens (tertiary/aromatic N) is 3. The molecule has 2 atom stereocenters. The van der Waals surface area contributed by atoms with Crippen molar-refractivity contribution in [1.82, 2.24) is 30.7 Å². The average Bonchev–Trinajstić information content (AvgIpc) is 4.07. The van der Waals surface area contributed by atoms with Gasteiger partial charge in [-0.25, -0.2) is 0 Å². The van der Waals surface area contributed by atoms with Gasteiger partial charge in [0.15, 0.2) is 23.0 Å². The fourth-order valence-corrected chi connectivity index (χ4v) is 12.1. The summed E-state index contributed by atoms with van der Waals surface area (Å²) in [5.74, 6) is 1.11. The number of rotatable bonds is 30. The van der Waals surface area contributed by atoms with E-state index in [0.29, 0.717) is 47.3 Å². The summed E-state index contributed by atoms with van der Waals surface area (Å²) in [5.41, 5.74) is 7.55. The number of benzene rings is 5. The van der Waals surface area contributed by atoms with E-state index < -0.39 is 41.6 Å². The number of fused-ring (bicyclic) bond motifs is 1. The summed E-state index contributed by atoms with van der Waals surface area (Å²) in [6.07, 6.45) is 0.838. The molecule has 0 aromatic heterocycles. The maximum Gasteiger partial charge on any atom is 0.242 e. The highest BCUT2D eigenvalue weighted by Gasteiger charge is 2.25. The molecular weight excluding hydrogens is 1520 g/mol. The molecule has 0 saturated heterocycles. The zero-order chi connectivity index (χ0) is 59.9. The molecule has 0 bridgehead atoms. The lowest BCUT2D eigenvalue weighted by atomic mass is 10.1. The maximum absolute atomic E-state index is 13.3. The molecule has 0 radical (unpaired) electrons. The molecule has 0 spiro atoms. The normalized spacial score (nSPS) is 12.1. The van der Waals surface area contributed by atoms with Crippen molar-refractivity contribution in [2.75, 3.05) is 85.6 Å². The number of ether oxygens (including phenoxy) is 4. The Labute approximate surface area is 527 Å². The summed E-state index contributed by atoms with van der Waals surface area (Å²) >= 11 is 8.68. The Kier molecular flexibility index (Phi) is 28.3. The van der Waals surface area contributed by atoms with Crippen molar-refractivity contribution in [3.63, 3.8) is 0 Å². The van der Waals surface area contributed by atoms with Crippen LogP contribution in [0.1, 0.15) is 23.6 Å². The molecule has 442 valence electrons. The summed E-state index contributed by atoms with van der Waals surface area (Å²) in [4.78, 5) is 77.6. The molecule has 5 amide bonds. The Hall–Kier alpha value is -5.40. The van der Waals surface area contributed by atoms with Gasteiger partial charge < -0.3 is 86.0 Å². The molecule has 11 N–H and O–H groups in total. The van der Waals surface area contributed by atoms with Gasteiger partial charge in [0.2, 0.25) is 36.3 Å². The van der Waals surface area contributed by atoms with E-state index in [9.17, 15) is 59.4 Å². The summed E-state index contributed by atoms with van der Waals surface area (Å²) in [6, 6.07) is 24.9. The van der Waals surface area contributed by atoms with Gasteiger partial charge in [0.05, 0.1) is 80.0 Å². The zero-order valence-electron chi connectivity index (χ0n) is 44.3. The first kappa shape index (κ1) is 67.4. The number of amides is 5. The first-order chi connectivity index (χ1) is 39.2. The summed E-state index contributed by atoms with van der Waals surface area (Å²) in [7, 11) is 0. The van der Waals surface area contributed by atoms with Crippen molar-refractivity contribution in [2.24, 2.45) is 5.73 Å². The van der Waals surface area contributed by atoms with Crippen molar-refractivity contribution >= 4 is 126 Å². The summed E-state index contributed by atoms with van der Waals surface area (Å²) in [5, 5.41) is 66.1. The molecule has 0 saturated carbocycles. The molecule has 5 aromatic rings. The number of Topliss-reactive ketones (excluding diaryl/α,β-unsaturated/α-hetero) is 1. The number of carbonyl (C=O) groups is 6. The van der Waals surface area contributed by atoms with Crippen molar-refractivity contribution in [1.29, 1.82) is 0 Å². The second-order valence-corrected chi connectivity index (χ2v) is 23.0. The first-order valence-electron chi connectivity index (χ1n) is 25.2. The fraction of sp³-hybridized carbons (Fsp3) is 0.345. The third-order valence-corrected chi connectivity index (χ3v) is 15.1. The Balaban J connectivity index is 0.000000310. The molecule has 1 aliphatic heterocycles. The van der Waals surface area contributed by atoms with Gasteiger partial charge in [-0.2, -0.15) is 0 Å².